The highest BCUT2D eigenvalue weighted by atomic mass is 16.4. The summed E-state index contributed by atoms with van der Waals surface area (Å²) in [5, 5.41) is 20.4. The van der Waals surface area contributed by atoms with Crippen molar-refractivity contribution >= 4 is 45.8 Å². The predicted molar refractivity (Wildman–Crippen MR) is 113 cm³/mol. The molecule has 158 valence electrons. The number of carboxylic acid groups (broad SMARTS) is 1. The maximum atomic E-state index is 12.1. The molecule has 1 saturated heterocycles. The van der Waals surface area contributed by atoms with Crippen molar-refractivity contribution < 1.29 is 19.1 Å². The summed E-state index contributed by atoms with van der Waals surface area (Å²) >= 11 is 0. The van der Waals surface area contributed by atoms with Crippen LogP contribution >= 0.6 is 0 Å². The molecule has 4 heterocycles. The van der Waals surface area contributed by atoms with Gasteiger partial charge in [0.25, 0.3) is 0 Å². The number of hydrogen-bond acceptors (Lipinski definition) is 8. The van der Waals surface area contributed by atoms with E-state index in [1.54, 1.807) is 24.2 Å². The molecule has 1 aromatic carbocycles. The maximum Gasteiger partial charge on any atom is 0.326 e. The lowest BCUT2D eigenvalue weighted by molar-refractivity contribution is -0.138. The Morgan fingerprint density at radius 1 is 1.39 bits per heavy atom. The van der Waals surface area contributed by atoms with Gasteiger partial charge in [-0.3, -0.25) is 5.10 Å². The Kier molecular flexibility index (Phi) is 4.54. The number of fused-ring (bicyclic) bond motifs is 3. The van der Waals surface area contributed by atoms with E-state index in [1.807, 2.05) is 24.3 Å². The zero-order valence-electron chi connectivity index (χ0n) is 16.6. The van der Waals surface area contributed by atoms with Crippen molar-refractivity contribution in [2.45, 2.75) is 25.4 Å². The van der Waals surface area contributed by atoms with Gasteiger partial charge in [0.1, 0.15) is 29.3 Å². The van der Waals surface area contributed by atoms with Crippen molar-refractivity contribution in [2.75, 3.05) is 16.8 Å². The van der Waals surface area contributed by atoms with Crippen LogP contribution in [-0.2, 0) is 9.59 Å². The molecule has 0 amide bonds. The van der Waals surface area contributed by atoms with E-state index < -0.39 is 18.1 Å². The topological polar surface area (TPSA) is 137 Å². The van der Waals surface area contributed by atoms with Gasteiger partial charge in [-0.25, -0.2) is 14.8 Å². The van der Waals surface area contributed by atoms with Gasteiger partial charge in [-0.1, -0.05) is 12.1 Å². The number of nitrogens with zero attached hydrogens (tertiary/aromatic N) is 4. The average Bonchev–Trinajstić information content (AvgIpc) is 3.50. The van der Waals surface area contributed by atoms with Crippen LogP contribution in [0.25, 0.3) is 22.1 Å². The second-order valence-corrected chi connectivity index (χ2v) is 7.67. The number of aromatic amines is 1. The highest BCUT2D eigenvalue weighted by Gasteiger charge is 2.42. The van der Waals surface area contributed by atoms with Crippen LogP contribution in [0.5, 0.6) is 0 Å². The Morgan fingerprint density at radius 2 is 2.23 bits per heavy atom. The van der Waals surface area contributed by atoms with Crippen molar-refractivity contribution in [2.24, 2.45) is 5.92 Å². The molecular formula is C21H20N6O4. The summed E-state index contributed by atoms with van der Waals surface area (Å²) in [5.41, 5.74) is 2.42. The number of aryl methyl sites for hydroxylation is 1. The monoisotopic (exact) mass is 420 g/mol. The molecule has 0 saturated carbocycles. The number of benzene rings is 1. The first kappa shape index (κ1) is 19.0. The summed E-state index contributed by atoms with van der Waals surface area (Å²) in [6, 6.07) is 6.11. The first-order chi connectivity index (χ1) is 15.0. The van der Waals surface area contributed by atoms with E-state index in [0.29, 0.717) is 40.6 Å². The fourth-order valence-corrected chi connectivity index (χ4v) is 4.26. The fraction of sp³-hybridized carbons (Fsp3) is 0.286. The van der Waals surface area contributed by atoms with Gasteiger partial charge in [-0.05, 0) is 25.5 Å². The standard InChI is InChI=1S/C21H20N6O4/c1-11-24-18-14-4-2-3-5-17(14)31-19(18)20(25-11)27-9-12(6-16(27)21(29)30)15(10-28)26-13-7-22-23-8-13/h2-5,7-8,10,12,15-16,26H,6,9H2,1H3,(H,22,23)(H,29,30)/t12-,15?,16+/m1/s1. The number of nitrogens with one attached hydrogen (secondary N) is 2. The summed E-state index contributed by atoms with van der Waals surface area (Å²) in [5.74, 6) is -0.272. The van der Waals surface area contributed by atoms with Gasteiger partial charge in [-0.15, -0.1) is 0 Å². The number of hydrogen-bond donors (Lipinski definition) is 3. The van der Waals surface area contributed by atoms with E-state index in [9.17, 15) is 14.7 Å². The number of aromatic nitrogens is 4. The zero-order chi connectivity index (χ0) is 21.5. The minimum atomic E-state index is -0.976. The molecule has 1 fully saturated rings. The molecule has 0 spiro atoms. The van der Waals surface area contributed by atoms with Gasteiger partial charge < -0.3 is 24.5 Å². The molecule has 31 heavy (non-hydrogen) atoms. The molecule has 10 heteroatoms. The lowest BCUT2D eigenvalue weighted by atomic mass is 9.97. The summed E-state index contributed by atoms with van der Waals surface area (Å²) in [7, 11) is 0. The largest absolute Gasteiger partial charge is 0.480 e. The Hall–Kier alpha value is -3.95. The minimum absolute atomic E-state index is 0.247. The summed E-state index contributed by atoms with van der Waals surface area (Å²) in [6.07, 6.45) is 4.31. The Labute approximate surface area is 176 Å². The van der Waals surface area contributed by atoms with E-state index in [0.717, 1.165) is 11.7 Å². The Balaban J connectivity index is 1.56. The SMILES string of the molecule is Cc1nc(N2C[C@H](C(C=O)Nc3cn[nH]c3)C[C@H]2C(=O)O)c2oc3ccccc3c2n1. The number of carboxylic acids is 1. The highest BCUT2D eigenvalue weighted by Crippen LogP contribution is 2.37. The number of H-pyrrole nitrogens is 1. The van der Waals surface area contributed by atoms with Gasteiger partial charge in [-0.2, -0.15) is 5.10 Å². The molecule has 3 N–H and O–H groups in total. The molecule has 1 aliphatic heterocycles. The van der Waals surface area contributed by atoms with E-state index in [2.05, 4.69) is 25.5 Å². The van der Waals surface area contributed by atoms with Crippen molar-refractivity contribution in [3.63, 3.8) is 0 Å². The van der Waals surface area contributed by atoms with Crippen LogP contribution in [0.4, 0.5) is 11.5 Å². The van der Waals surface area contributed by atoms with E-state index >= 15 is 0 Å². The number of carbonyl (C=O) groups is 2. The van der Waals surface area contributed by atoms with Crippen LogP contribution in [0.3, 0.4) is 0 Å². The second kappa shape index (κ2) is 7.38. The molecule has 4 aromatic rings. The molecule has 1 unspecified atom stereocenters. The number of rotatable bonds is 6. The number of aliphatic carboxylic acids is 1. The lowest BCUT2D eigenvalue weighted by Gasteiger charge is -2.23. The van der Waals surface area contributed by atoms with E-state index in [4.69, 9.17) is 4.42 Å². The third-order valence-electron chi connectivity index (χ3n) is 5.69. The lowest BCUT2D eigenvalue weighted by Crippen LogP contribution is -2.37. The van der Waals surface area contributed by atoms with Crippen molar-refractivity contribution in [3.8, 4) is 0 Å². The molecular weight excluding hydrogens is 400 g/mol. The average molecular weight is 420 g/mol. The molecule has 1 aliphatic rings. The molecule has 5 rings (SSSR count). The maximum absolute atomic E-state index is 12.1. The normalized spacial score (nSPS) is 19.7. The predicted octanol–water partition coefficient (Wildman–Crippen LogP) is 2.37. The molecule has 3 aromatic heterocycles. The van der Waals surface area contributed by atoms with Crippen LogP contribution in [0.1, 0.15) is 12.2 Å². The summed E-state index contributed by atoms with van der Waals surface area (Å²) in [4.78, 5) is 34.7. The molecule has 0 bridgehead atoms. The van der Waals surface area contributed by atoms with Crippen LogP contribution in [0.15, 0.2) is 41.1 Å². The zero-order valence-corrected chi connectivity index (χ0v) is 16.6. The van der Waals surface area contributed by atoms with Gasteiger partial charge >= 0.3 is 5.97 Å². The van der Waals surface area contributed by atoms with Crippen molar-refractivity contribution in [1.29, 1.82) is 0 Å². The molecule has 0 aliphatic carbocycles. The first-order valence-corrected chi connectivity index (χ1v) is 9.91. The van der Waals surface area contributed by atoms with Gasteiger partial charge in [0.05, 0.1) is 17.9 Å². The number of para-hydroxylation sites is 1. The van der Waals surface area contributed by atoms with Crippen molar-refractivity contribution in [3.05, 3.63) is 42.5 Å². The number of aldehydes is 1. The Morgan fingerprint density at radius 3 is 2.97 bits per heavy atom. The fourth-order valence-electron chi connectivity index (χ4n) is 4.26. The van der Waals surface area contributed by atoms with Crippen LogP contribution in [0, 0.1) is 12.8 Å². The van der Waals surface area contributed by atoms with Crippen LogP contribution in [-0.4, -0.2) is 56.2 Å². The first-order valence-electron chi connectivity index (χ1n) is 9.91. The van der Waals surface area contributed by atoms with Crippen LogP contribution < -0.4 is 10.2 Å². The van der Waals surface area contributed by atoms with Gasteiger partial charge in [0.2, 0.25) is 0 Å². The minimum Gasteiger partial charge on any atom is -0.480 e. The van der Waals surface area contributed by atoms with Crippen LogP contribution in [0.2, 0.25) is 0 Å². The third-order valence-corrected chi connectivity index (χ3v) is 5.69. The molecule has 0 radical (unpaired) electrons. The number of furan rings is 1. The molecule has 10 nitrogen and oxygen atoms in total. The summed E-state index contributed by atoms with van der Waals surface area (Å²) in [6.45, 7) is 2.09. The second-order valence-electron chi connectivity index (χ2n) is 7.67. The Bertz CT molecular complexity index is 1270. The third kappa shape index (κ3) is 3.25. The number of anilines is 2. The summed E-state index contributed by atoms with van der Waals surface area (Å²) < 4.78 is 6.03. The van der Waals surface area contributed by atoms with E-state index in [1.165, 1.54) is 0 Å². The quantitative estimate of drug-likeness (QED) is 0.401. The smallest absolute Gasteiger partial charge is 0.326 e. The highest BCUT2D eigenvalue weighted by molar-refractivity contribution is 6.06. The number of carbonyl (C=O) groups excluding carboxylic acids is 1. The van der Waals surface area contributed by atoms with E-state index in [-0.39, 0.29) is 12.3 Å². The van der Waals surface area contributed by atoms with Gasteiger partial charge in [0.15, 0.2) is 11.4 Å². The van der Waals surface area contributed by atoms with Crippen molar-refractivity contribution in [1.82, 2.24) is 20.2 Å². The molecule has 3 atom stereocenters. The van der Waals surface area contributed by atoms with Gasteiger partial charge in [0, 0.05) is 24.0 Å².